The summed E-state index contributed by atoms with van der Waals surface area (Å²) in [7, 11) is 0. The SMILES string of the molecule is CC(=O)N(CCC(=O)NC(C)(C)CN)Cc1ccccc1. The molecule has 1 aromatic rings. The second-order valence-electron chi connectivity index (χ2n) is 5.81. The van der Waals surface area contributed by atoms with Gasteiger partial charge in [-0.15, -0.1) is 0 Å². The summed E-state index contributed by atoms with van der Waals surface area (Å²) in [6.45, 7) is 6.56. The molecule has 0 bridgehead atoms. The van der Waals surface area contributed by atoms with Crippen LogP contribution in [0.3, 0.4) is 0 Å². The van der Waals surface area contributed by atoms with E-state index in [2.05, 4.69) is 5.32 Å². The summed E-state index contributed by atoms with van der Waals surface area (Å²) in [6, 6.07) is 9.74. The Hall–Kier alpha value is -1.88. The second-order valence-corrected chi connectivity index (χ2v) is 5.81. The number of hydrogen-bond donors (Lipinski definition) is 2. The molecule has 0 heterocycles. The monoisotopic (exact) mass is 291 g/mol. The zero-order valence-electron chi connectivity index (χ0n) is 13.1. The molecule has 2 amide bonds. The van der Waals surface area contributed by atoms with Crippen LogP contribution in [0, 0.1) is 0 Å². The number of benzene rings is 1. The van der Waals surface area contributed by atoms with Gasteiger partial charge in [-0.25, -0.2) is 0 Å². The highest BCUT2D eigenvalue weighted by atomic mass is 16.2. The van der Waals surface area contributed by atoms with E-state index in [0.29, 0.717) is 19.6 Å². The Morgan fingerprint density at radius 2 is 1.86 bits per heavy atom. The molecule has 0 radical (unpaired) electrons. The Kier molecular flexibility index (Phi) is 6.37. The van der Waals surface area contributed by atoms with Gasteiger partial charge in [0.25, 0.3) is 0 Å². The summed E-state index contributed by atoms with van der Waals surface area (Å²) in [5.74, 6) is -0.130. The van der Waals surface area contributed by atoms with E-state index in [9.17, 15) is 9.59 Å². The number of nitrogens with zero attached hydrogens (tertiary/aromatic N) is 1. The Balaban J connectivity index is 2.52. The summed E-state index contributed by atoms with van der Waals surface area (Å²) in [5, 5.41) is 2.86. The molecule has 0 saturated heterocycles. The number of hydrogen-bond acceptors (Lipinski definition) is 3. The first-order chi connectivity index (χ1) is 9.84. The van der Waals surface area contributed by atoms with Crippen molar-refractivity contribution >= 4 is 11.8 Å². The molecule has 1 rings (SSSR count). The summed E-state index contributed by atoms with van der Waals surface area (Å²) in [5.41, 5.74) is 6.21. The topological polar surface area (TPSA) is 75.4 Å². The summed E-state index contributed by atoms with van der Waals surface area (Å²) in [6.07, 6.45) is 0.274. The molecule has 5 heteroatoms. The van der Waals surface area contributed by atoms with Gasteiger partial charge in [-0.3, -0.25) is 9.59 Å². The maximum Gasteiger partial charge on any atom is 0.222 e. The average molecular weight is 291 g/mol. The zero-order chi connectivity index (χ0) is 15.9. The smallest absolute Gasteiger partial charge is 0.222 e. The Labute approximate surface area is 126 Å². The van der Waals surface area contributed by atoms with Crippen LogP contribution in [0.2, 0.25) is 0 Å². The minimum absolute atomic E-state index is 0.0373. The molecule has 0 atom stereocenters. The number of amides is 2. The summed E-state index contributed by atoms with van der Waals surface area (Å²) in [4.78, 5) is 25.2. The Bertz CT molecular complexity index is 472. The van der Waals surface area contributed by atoms with Crippen LogP contribution < -0.4 is 11.1 Å². The van der Waals surface area contributed by atoms with E-state index in [1.807, 2.05) is 44.2 Å². The largest absolute Gasteiger partial charge is 0.350 e. The zero-order valence-corrected chi connectivity index (χ0v) is 13.1. The van der Waals surface area contributed by atoms with Crippen molar-refractivity contribution in [2.45, 2.75) is 39.3 Å². The van der Waals surface area contributed by atoms with Crippen molar-refractivity contribution in [3.05, 3.63) is 35.9 Å². The van der Waals surface area contributed by atoms with Crippen molar-refractivity contribution in [1.82, 2.24) is 10.2 Å². The molecule has 0 unspecified atom stereocenters. The van der Waals surface area contributed by atoms with Gasteiger partial charge in [-0.1, -0.05) is 30.3 Å². The van der Waals surface area contributed by atoms with E-state index in [-0.39, 0.29) is 18.2 Å². The van der Waals surface area contributed by atoms with E-state index in [4.69, 9.17) is 5.73 Å². The van der Waals surface area contributed by atoms with Crippen molar-refractivity contribution in [1.29, 1.82) is 0 Å². The standard InChI is InChI=1S/C16H25N3O2/c1-13(20)19(11-14-7-5-4-6-8-14)10-9-15(21)18-16(2,3)12-17/h4-8H,9-12,17H2,1-3H3,(H,18,21). The molecule has 0 fully saturated rings. The number of carbonyl (C=O) groups excluding carboxylic acids is 2. The molecule has 0 aromatic heterocycles. The first kappa shape index (κ1) is 17.2. The van der Waals surface area contributed by atoms with Crippen LogP contribution in [-0.4, -0.2) is 35.3 Å². The number of nitrogens with two attached hydrogens (primary N) is 1. The average Bonchev–Trinajstić information content (AvgIpc) is 2.43. The van der Waals surface area contributed by atoms with Gasteiger partial charge < -0.3 is 16.0 Å². The first-order valence-corrected chi connectivity index (χ1v) is 7.14. The lowest BCUT2D eigenvalue weighted by atomic mass is 10.1. The second kappa shape index (κ2) is 7.78. The first-order valence-electron chi connectivity index (χ1n) is 7.14. The molecule has 116 valence electrons. The fraction of sp³-hybridized carbons (Fsp3) is 0.500. The van der Waals surface area contributed by atoms with Crippen LogP contribution >= 0.6 is 0 Å². The van der Waals surface area contributed by atoms with E-state index < -0.39 is 5.54 Å². The van der Waals surface area contributed by atoms with Crippen LogP contribution in [0.25, 0.3) is 0 Å². The van der Waals surface area contributed by atoms with Gasteiger partial charge in [-0.2, -0.15) is 0 Å². The third kappa shape index (κ3) is 6.40. The molecule has 21 heavy (non-hydrogen) atoms. The van der Waals surface area contributed by atoms with Crippen molar-refractivity contribution < 1.29 is 9.59 Å². The molecular formula is C16H25N3O2. The van der Waals surface area contributed by atoms with Crippen LogP contribution in [0.15, 0.2) is 30.3 Å². The van der Waals surface area contributed by atoms with E-state index in [0.717, 1.165) is 5.56 Å². The van der Waals surface area contributed by atoms with E-state index in [1.165, 1.54) is 6.92 Å². The minimum atomic E-state index is -0.419. The van der Waals surface area contributed by atoms with Crippen molar-refractivity contribution in [3.63, 3.8) is 0 Å². The quantitative estimate of drug-likeness (QED) is 0.794. The molecule has 0 spiro atoms. The number of carbonyl (C=O) groups is 2. The fourth-order valence-corrected chi connectivity index (χ4v) is 1.88. The van der Waals surface area contributed by atoms with Gasteiger partial charge in [0.2, 0.25) is 11.8 Å². The molecule has 0 saturated carbocycles. The number of rotatable bonds is 7. The van der Waals surface area contributed by atoms with Gasteiger partial charge in [0.15, 0.2) is 0 Å². The molecule has 0 aliphatic rings. The Morgan fingerprint density at radius 3 is 2.38 bits per heavy atom. The molecule has 1 aromatic carbocycles. The van der Waals surface area contributed by atoms with Crippen LogP contribution in [0.5, 0.6) is 0 Å². The van der Waals surface area contributed by atoms with Crippen LogP contribution in [0.4, 0.5) is 0 Å². The molecule has 3 N–H and O–H groups in total. The van der Waals surface area contributed by atoms with Gasteiger partial charge in [-0.05, 0) is 19.4 Å². The highest BCUT2D eigenvalue weighted by Gasteiger charge is 2.19. The maximum atomic E-state index is 11.9. The normalized spacial score (nSPS) is 11.0. The molecular weight excluding hydrogens is 266 g/mol. The van der Waals surface area contributed by atoms with Crippen molar-refractivity contribution in [2.24, 2.45) is 5.73 Å². The highest BCUT2D eigenvalue weighted by molar-refractivity contribution is 5.78. The Morgan fingerprint density at radius 1 is 1.24 bits per heavy atom. The lowest BCUT2D eigenvalue weighted by Gasteiger charge is -2.26. The molecule has 0 aliphatic heterocycles. The fourth-order valence-electron chi connectivity index (χ4n) is 1.88. The van der Waals surface area contributed by atoms with E-state index >= 15 is 0 Å². The van der Waals surface area contributed by atoms with Crippen molar-refractivity contribution in [3.8, 4) is 0 Å². The number of nitrogens with one attached hydrogen (secondary N) is 1. The summed E-state index contributed by atoms with van der Waals surface area (Å²) < 4.78 is 0. The van der Waals surface area contributed by atoms with E-state index in [1.54, 1.807) is 4.90 Å². The predicted octanol–water partition coefficient (Wildman–Crippen LogP) is 1.28. The van der Waals surface area contributed by atoms with Gasteiger partial charge >= 0.3 is 0 Å². The van der Waals surface area contributed by atoms with Gasteiger partial charge in [0, 0.05) is 38.5 Å². The van der Waals surface area contributed by atoms with Gasteiger partial charge in [0.05, 0.1) is 0 Å². The lowest BCUT2D eigenvalue weighted by molar-refractivity contribution is -0.130. The highest BCUT2D eigenvalue weighted by Crippen LogP contribution is 2.06. The molecule has 0 aliphatic carbocycles. The summed E-state index contributed by atoms with van der Waals surface area (Å²) >= 11 is 0. The third-order valence-corrected chi connectivity index (χ3v) is 3.26. The minimum Gasteiger partial charge on any atom is -0.350 e. The maximum absolute atomic E-state index is 11.9. The van der Waals surface area contributed by atoms with Crippen LogP contribution in [-0.2, 0) is 16.1 Å². The van der Waals surface area contributed by atoms with Crippen molar-refractivity contribution in [2.75, 3.05) is 13.1 Å². The predicted molar refractivity (Wildman–Crippen MR) is 83.4 cm³/mol. The molecule has 5 nitrogen and oxygen atoms in total. The van der Waals surface area contributed by atoms with Crippen LogP contribution in [0.1, 0.15) is 32.8 Å². The van der Waals surface area contributed by atoms with Gasteiger partial charge in [0.1, 0.15) is 0 Å². The third-order valence-electron chi connectivity index (χ3n) is 3.26. The lowest BCUT2D eigenvalue weighted by Crippen LogP contribution is -2.49.